The first-order valence-electron chi connectivity index (χ1n) is 10.5. The summed E-state index contributed by atoms with van der Waals surface area (Å²) < 4.78 is 5.37. The molecule has 35 heavy (non-hydrogen) atoms. The number of pyridine rings is 1. The van der Waals surface area contributed by atoms with Crippen LogP contribution in [-0.2, 0) is 6.54 Å². The number of hydrogen-bond acceptors (Lipinski definition) is 6. The van der Waals surface area contributed by atoms with Gasteiger partial charge >= 0.3 is 0 Å². The van der Waals surface area contributed by atoms with Crippen LogP contribution < -0.4 is 20.7 Å². The lowest BCUT2D eigenvalue weighted by molar-refractivity contribution is 0.102. The molecule has 182 valence electrons. The van der Waals surface area contributed by atoms with Crippen LogP contribution in [-0.4, -0.2) is 29.7 Å². The average molecular weight is 553 g/mol. The molecule has 0 unspecified atom stereocenters. The molecule has 0 atom stereocenters. The molecular weight excluding hydrogens is 533 g/mol. The molecule has 4 rings (SSSR count). The third-order valence-electron chi connectivity index (χ3n) is 5.20. The van der Waals surface area contributed by atoms with Gasteiger partial charge < -0.3 is 20.7 Å². The average Bonchev–Trinajstić information content (AvgIpc) is 3.62. The summed E-state index contributed by atoms with van der Waals surface area (Å²) in [7, 11) is 1.40. The van der Waals surface area contributed by atoms with Crippen molar-refractivity contribution < 1.29 is 14.3 Å². The van der Waals surface area contributed by atoms with Crippen LogP contribution >= 0.6 is 46.1 Å². The van der Waals surface area contributed by atoms with E-state index in [4.69, 9.17) is 44.9 Å². The minimum Gasteiger partial charge on any atom is -0.494 e. The van der Waals surface area contributed by atoms with Crippen LogP contribution in [0.3, 0.4) is 0 Å². The van der Waals surface area contributed by atoms with Crippen molar-refractivity contribution in [2.45, 2.75) is 19.4 Å². The van der Waals surface area contributed by atoms with Crippen molar-refractivity contribution in [2.24, 2.45) is 5.92 Å². The third kappa shape index (κ3) is 6.05. The van der Waals surface area contributed by atoms with E-state index >= 15 is 0 Å². The molecular formula is C23H20Cl3N5O3S. The van der Waals surface area contributed by atoms with Gasteiger partial charge in [-0.15, -0.1) is 11.3 Å². The van der Waals surface area contributed by atoms with Gasteiger partial charge in [-0.2, -0.15) is 0 Å². The van der Waals surface area contributed by atoms with Gasteiger partial charge in [-0.25, -0.2) is 4.98 Å². The highest BCUT2D eigenvalue weighted by Crippen LogP contribution is 2.35. The van der Waals surface area contributed by atoms with E-state index < -0.39 is 11.8 Å². The minimum atomic E-state index is -0.559. The predicted octanol–water partition coefficient (Wildman–Crippen LogP) is 6.09. The second-order valence-electron chi connectivity index (χ2n) is 7.75. The summed E-state index contributed by atoms with van der Waals surface area (Å²) in [6.07, 6.45) is 3.43. The second kappa shape index (κ2) is 10.8. The van der Waals surface area contributed by atoms with Crippen LogP contribution in [0, 0.1) is 11.3 Å². The van der Waals surface area contributed by atoms with Crippen molar-refractivity contribution in [1.82, 2.24) is 10.3 Å². The van der Waals surface area contributed by atoms with E-state index in [2.05, 4.69) is 20.9 Å². The molecule has 1 aliphatic carbocycles. The molecule has 2 amide bonds. The third-order valence-corrected chi connectivity index (χ3v) is 7.21. The van der Waals surface area contributed by atoms with Crippen LogP contribution in [0.2, 0.25) is 15.1 Å². The van der Waals surface area contributed by atoms with Gasteiger partial charge in [0.05, 0.1) is 34.2 Å². The van der Waals surface area contributed by atoms with E-state index in [9.17, 15) is 9.59 Å². The largest absolute Gasteiger partial charge is 0.494 e. The number of nitrogens with zero attached hydrogens (tertiary/aromatic N) is 1. The molecule has 2 heterocycles. The van der Waals surface area contributed by atoms with Gasteiger partial charge in [0, 0.05) is 35.3 Å². The molecule has 8 nitrogen and oxygen atoms in total. The van der Waals surface area contributed by atoms with E-state index in [0.29, 0.717) is 28.9 Å². The zero-order valence-corrected chi connectivity index (χ0v) is 21.5. The highest BCUT2D eigenvalue weighted by atomic mass is 35.5. The Hall–Kier alpha value is -2.85. The van der Waals surface area contributed by atoms with Gasteiger partial charge in [0.25, 0.3) is 11.8 Å². The summed E-state index contributed by atoms with van der Waals surface area (Å²) in [5.41, 5.74) is 0.919. The van der Waals surface area contributed by atoms with Gasteiger partial charge in [0.2, 0.25) is 0 Å². The number of aromatic nitrogens is 1. The number of halogens is 3. The van der Waals surface area contributed by atoms with E-state index in [1.807, 2.05) is 0 Å². The number of thiophene rings is 1. The summed E-state index contributed by atoms with van der Waals surface area (Å²) in [5, 5.41) is 19.1. The Labute approximate surface area is 220 Å². The van der Waals surface area contributed by atoms with Gasteiger partial charge in [-0.1, -0.05) is 34.8 Å². The predicted molar refractivity (Wildman–Crippen MR) is 140 cm³/mol. The monoisotopic (exact) mass is 551 g/mol. The number of amidine groups is 1. The molecule has 2 aromatic heterocycles. The van der Waals surface area contributed by atoms with Crippen molar-refractivity contribution in [1.29, 1.82) is 5.41 Å². The molecule has 1 aromatic carbocycles. The topological polar surface area (TPSA) is 116 Å². The van der Waals surface area contributed by atoms with Gasteiger partial charge in [0.15, 0.2) is 0 Å². The van der Waals surface area contributed by atoms with Crippen molar-refractivity contribution in [2.75, 3.05) is 17.7 Å². The maximum Gasteiger partial charge on any atom is 0.267 e. The minimum absolute atomic E-state index is 0.0758. The smallest absolute Gasteiger partial charge is 0.267 e. The number of rotatable bonds is 8. The number of nitrogens with one attached hydrogen (secondary N) is 4. The molecule has 1 aliphatic rings. The maximum absolute atomic E-state index is 13.1. The Morgan fingerprint density at radius 3 is 2.57 bits per heavy atom. The molecule has 0 radical (unpaired) electrons. The second-order valence-corrected chi connectivity index (χ2v) is 9.88. The fraction of sp³-hybridized carbons (Fsp3) is 0.217. The summed E-state index contributed by atoms with van der Waals surface area (Å²) in [5.74, 6) is 0.174. The highest BCUT2D eigenvalue weighted by Gasteiger charge is 2.27. The van der Waals surface area contributed by atoms with Crippen molar-refractivity contribution in [3.8, 4) is 5.75 Å². The van der Waals surface area contributed by atoms with Crippen molar-refractivity contribution in [3.05, 3.63) is 66.9 Å². The number of amides is 2. The van der Waals surface area contributed by atoms with E-state index in [-0.39, 0.29) is 37.7 Å². The molecule has 3 aromatic rings. The van der Waals surface area contributed by atoms with Crippen LogP contribution in [0.15, 0.2) is 35.8 Å². The first kappa shape index (κ1) is 25.2. The Morgan fingerprint density at radius 1 is 1.14 bits per heavy atom. The SMILES string of the molecule is COc1cc(Cl)cc(C(=O)Nc2ccc(Cl)cn2)c1NC(=O)c1scc(CNC(=N)C2CC2)c1Cl. The highest BCUT2D eigenvalue weighted by molar-refractivity contribution is 7.13. The summed E-state index contributed by atoms with van der Waals surface area (Å²) >= 11 is 19.7. The first-order valence-corrected chi connectivity index (χ1v) is 12.5. The zero-order chi connectivity index (χ0) is 25.1. The Balaban J connectivity index is 1.56. The standard InChI is InChI=1S/C23H20Cl3N5O3S/c1-34-16-7-14(25)6-15(22(32)30-17-5-4-13(24)9-28-17)19(16)31-23(33)20-18(26)12(10-35-20)8-29-21(27)11-2-3-11/h4-7,9-11H,2-3,8H2,1H3,(H2,27,29)(H,31,33)(H,28,30,32). The van der Waals surface area contributed by atoms with Crippen LogP contribution in [0.4, 0.5) is 11.5 Å². The van der Waals surface area contributed by atoms with E-state index in [0.717, 1.165) is 12.8 Å². The number of carbonyl (C=O) groups excluding carboxylic acids is 2. The normalized spacial score (nSPS) is 12.7. The molecule has 0 saturated heterocycles. The molecule has 1 fully saturated rings. The number of benzene rings is 1. The Morgan fingerprint density at radius 2 is 1.91 bits per heavy atom. The molecule has 0 aliphatic heterocycles. The first-order chi connectivity index (χ1) is 16.8. The molecule has 12 heteroatoms. The van der Waals surface area contributed by atoms with Gasteiger partial charge in [-0.3, -0.25) is 15.0 Å². The lowest BCUT2D eigenvalue weighted by atomic mass is 10.1. The fourth-order valence-corrected chi connectivity index (χ4v) is 4.79. The fourth-order valence-electron chi connectivity index (χ4n) is 3.21. The molecule has 4 N–H and O–H groups in total. The summed E-state index contributed by atoms with van der Waals surface area (Å²) in [4.78, 5) is 30.5. The van der Waals surface area contributed by atoms with Crippen molar-refractivity contribution >= 4 is 75.3 Å². The Bertz CT molecular complexity index is 1290. The molecule has 0 bridgehead atoms. The summed E-state index contributed by atoms with van der Waals surface area (Å²) in [6.45, 7) is 0.351. The van der Waals surface area contributed by atoms with Crippen molar-refractivity contribution in [3.63, 3.8) is 0 Å². The summed E-state index contributed by atoms with van der Waals surface area (Å²) in [6, 6.07) is 6.04. The zero-order valence-electron chi connectivity index (χ0n) is 18.4. The number of ether oxygens (including phenoxy) is 1. The quantitative estimate of drug-likeness (QED) is 0.199. The van der Waals surface area contributed by atoms with Gasteiger partial charge in [-0.05, 0) is 36.4 Å². The maximum atomic E-state index is 13.1. The number of hydrogen-bond donors (Lipinski definition) is 4. The number of carbonyl (C=O) groups is 2. The van der Waals surface area contributed by atoms with Crippen LogP contribution in [0.1, 0.15) is 38.4 Å². The van der Waals surface area contributed by atoms with E-state index in [1.165, 1.54) is 36.8 Å². The lowest BCUT2D eigenvalue weighted by Crippen LogP contribution is -2.23. The van der Waals surface area contributed by atoms with Crippen LogP contribution in [0.5, 0.6) is 5.75 Å². The Kier molecular flexibility index (Phi) is 7.81. The number of anilines is 2. The van der Waals surface area contributed by atoms with Crippen LogP contribution in [0.25, 0.3) is 0 Å². The number of methoxy groups -OCH3 is 1. The molecule has 0 spiro atoms. The van der Waals surface area contributed by atoms with E-state index in [1.54, 1.807) is 17.5 Å². The lowest BCUT2D eigenvalue weighted by Gasteiger charge is -2.15. The molecule has 1 saturated carbocycles. The van der Waals surface area contributed by atoms with Gasteiger partial charge in [0.1, 0.15) is 16.4 Å².